The molecule has 11 heteroatoms. The number of benzene rings is 1. The second-order valence-corrected chi connectivity index (χ2v) is 12.7. The Kier molecular flexibility index (Phi) is 7.90. The number of amides is 3. The fourth-order valence-electron chi connectivity index (χ4n) is 5.80. The molecule has 0 atom stereocenters. The number of hydrogen-bond donors (Lipinski definition) is 2. The summed E-state index contributed by atoms with van der Waals surface area (Å²) in [4.78, 5) is 30.8. The van der Waals surface area contributed by atoms with Crippen LogP contribution in [-0.4, -0.2) is 63.3 Å². The molecular formula is C27H39N5O5S. The summed E-state index contributed by atoms with van der Waals surface area (Å²) in [6, 6.07) is 1.12. The van der Waals surface area contributed by atoms with Crippen molar-refractivity contribution in [3.8, 4) is 5.75 Å². The summed E-state index contributed by atoms with van der Waals surface area (Å²) >= 11 is 0. The summed E-state index contributed by atoms with van der Waals surface area (Å²) < 4.78 is 33.4. The average Bonchev–Trinajstić information content (AvgIpc) is 3.18. The molecule has 1 aromatic rings. The van der Waals surface area contributed by atoms with Crippen LogP contribution in [-0.2, 0) is 14.8 Å². The van der Waals surface area contributed by atoms with E-state index in [4.69, 9.17) is 15.5 Å². The minimum absolute atomic E-state index is 0.0990. The topological polar surface area (TPSA) is 134 Å². The Balaban J connectivity index is 1.49. The van der Waals surface area contributed by atoms with E-state index in [1.807, 2.05) is 13.8 Å². The molecule has 2 heterocycles. The highest BCUT2D eigenvalue weighted by atomic mass is 32.2. The largest absolute Gasteiger partial charge is 0.494 e. The minimum atomic E-state index is -3.73. The number of methoxy groups -OCH3 is 1. The molecule has 1 aliphatic carbocycles. The molecule has 3 amide bonds. The Labute approximate surface area is 225 Å². The zero-order chi connectivity index (χ0) is 27.8. The van der Waals surface area contributed by atoms with Crippen molar-refractivity contribution in [2.24, 2.45) is 22.6 Å². The van der Waals surface area contributed by atoms with E-state index < -0.39 is 21.6 Å². The standard InChI is InChI=1S/C27H39N5O5S/c1-17-6-8-20(9-7-17)24-29-25(33)27(30-24)11-13-32(14-12-27)38(35,36)15-10-21-18(2)16-22(31(4)26(28)34)23(37-5)19(21)3/h10,15-17,20H,6-9,11-14H2,1-5H3,(H2,28,34)(H,29,30,33). The number of aryl methyl sites for hydroxylation is 1. The van der Waals surface area contributed by atoms with Crippen LogP contribution in [0.4, 0.5) is 10.5 Å². The molecule has 1 saturated carbocycles. The maximum Gasteiger partial charge on any atom is 0.319 e. The Hall–Kier alpha value is -2.92. The van der Waals surface area contributed by atoms with E-state index in [0.717, 1.165) is 37.1 Å². The molecule has 1 aromatic carbocycles. The predicted octanol–water partition coefficient (Wildman–Crippen LogP) is 3.32. The van der Waals surface area contributed by atoms with E-state index in [1.165, 1.54) is 21.7 Å². The van der Waals surface area contributed by atoms with Gasteiger partial charge in [0.2, 0.25) is 10.0 Å². The van der Waals surface area contributed by atoms with Crippen molar-refractivity contribution in [2.45, 2.75) is 64.8 Å². The third-order valence-corrected chi connectivity index (χ3v) is 9.93. The number of nitrogens with two attached hydrogens (primary N) is 1. The Bertz CT molecular complexity index is 1270. The predicted molar refractivity (Wildman–Crippen MR) is 149 cm³/mol. The third kappa shape index (κ3) is 5.31. The van der Waals surface area contributed by atoms with Crippen LogP contribution in [0.5, 0.6) is 5.75 Å². The van der Waals surface area contributed by atoms with Crippen molar-refractivity contribution >= 4 is 39.6 Å². The van der Waals surface area contributed by atoms with Crippen LogP contribution in [0.2, 0.25) is 0 Å². The number of sulfonamides is 1. The average molecular weight is 546 g/mol. The lowest BCUT2D eigenvalue weighted by Crippen LogP contribution is -2.50. The molecule has 10 nitrogen and oxygen atoms in total. The highest BCUT2D eigenvalue weighted by Crippen LogP contribution is 2.38. The van der Waals surface area contributed by atoms with E-state index >= 15 is 0 Å². The van der Waals surface area contributed by atoms with E-state index in [2.05, 4.69) is 12.2 Å². The lowest BCUT2D eigenvalue weighted by atomic mass is 9.82. The molecule has 4 rings (SSSR count). The molecule has 1 saturated heterocycles. The fraction of sp³-hybridized carbons (Fsp3) is 0.593. The van der Waals surface area contributed by atoms with Gasteiger partial charge >= 0.3 is 6.03 Å². The number of aliphatic imine (C=N–C) groups is 1. The van der Waals surface area contributed by atoms with Crippen LogP contribution >= 0.6 is 0 Å². The lowest BCUT2D eigenvalue weighted by Gasteiger charge is -2.34. The Morgan fingerprint density at radius 3 is 2.45 bits per heavy atom. The number of carbonyl (C=O) groups is 2. The molecule has 0 bridgehead atoms. The van der Waals surface area contributed by atoms with E-state index in [-0.39, 0.29) is 24.9 Å². The van der Waals surface area contributed by atoms with E-state index in [1.54, 1.807) is 19.2 Å². The maximum absolute atomic E-state index is 13.2. The van der Waals surface area contributed by atoms with Gasteiger partial charge in [0, 0.05) is 37.0 Å². The number of nitrogens with zero attached hydrogens (tertiary/aromatic N) is 3. The molecule has 38 heavy (non-hydrogen) atoms. The van der Waals surface area contributed by atoms with Gasteiger partial charge in [0.15, 0.2) is 0 Å². The molecule has 0 radical (unpaired) electrons. The number of piperidine rings is 1. The Morgan fingerprint density at radius 2 is 1.87 bits per heavy atom. The number of rotatable bonds is 6. The van der Waals surface area contributed by atoms with Gasteiger partial charge < -0.3 is 15.8 Å². The highest BCUT2D eigenvalue weighted by Gasteiger charge is 2.48. The first kappa shape index (κ1) is 28.1. The van der Waals surface area contributed by atoms with Crippen molar-refractivity contribution in [3.05, 3.63) is 28.2 Å². The molecule has 208 valence electrons. The molecular weight excluding hydrogens is 506 g/mol. The zero-order valence-corrected chi connectivity index (χ0v) is 23.7. The number of ether oxygens (including phenoxy) is 1. The van der Waals surface area contributed by atoms with Crippen LogP contribution in [0.3, 0.4) is 0 Å². The molecule has 2 fully saturated rings. The van der Waals surface area contributed by atoms with E-state index in [9.17, 15) is 18.0 Å². The molecule has 0 unspecified atom stereocenters. The molecule has 3 N–H and O–H groups in total. The number of hydrogen-bond acceptors (Lipinski definition) is 6. The molecule has 1 spiro atoms. The van der Waals surface area contributed by atoms with Crippen LogP contribution in [0.15, 0.2) is 16.5 Å². The number of urea groups is 1. The fourth-order valence-corrected chi connectivity index (χ4v) is 6.97. The monoisotopic (exact) mass is 545 g/mol. The first-order chi connectivity index (χ1) is 17.9. The summed E-state index contributed by atoms with van der Waals surface area (Å²) in [5.74, 6) is 2.14. The summed E-state index contributed by atoms with van der Waals surface area (Å²) in [5.41, 5.74) is 7.23. The third-order valence-electron chi connectivity index (χ3n) is 8.37. The van der Waals surface area contributed by atoms with Crippen molar-refractivity contribution in [1.82, 2.24) is 9.62 Å². The minimum Gasteiger partial charge on any atom is -0.494 e. The van der Waals surface area contributed by atoms with Crippen molar-refractivity contribution in [3.63, 3.8) is 0 Å². The summed E-state index contributed by atoms with van der Waals surface area (Å²) in [6.07, 6.45) is 6.62. The second-order valence-electron chi connectivity index (χ2n) is 10.9. The van der Waals surface area contributed by atoms with Crippen LogP contribution in [0.25, 0.3) is 6.08 Å². The zero-order valence-electron chi connectivity index (χ0n) is 22.9. The van der Waals surface area contributed by atoms with Crippen molar-refractivity contribution in [2.75, 3.05) is 32.1 Å². The van der Waals surface area contributed by atoms with Crippen molar-refractivity contribution in [1.29, 1.82) is 0 Å². The van der Waals surface area contributed by atoms with Gasteiger partial charge in [-0.2, -0.15) is 4.31 Å². The van der Waals surface area contributed by atoms with Gasteiger partial charge in [-0.25, -0.2) is 13.2 Å². The van der Waals surface area contributed by atoms with Gasteiger partial charge in [0.1, 0.15) is 17.1 Å². The highest BCUT2D eigenvalue weighted by molar-refractivity contribution is 7.92. The SMILES string of the molecule is COc1c(N(C)C(N)=O)cc(C)c(C=CS(=O)(=O)N2CCC3(CC2)N=C(C2CCC(C)CC2)NC3=O)c1C. The smallest absolute Gasteiger partial charge is 0.319 e. The van der Waals surface area contributed by atoms with Gasteiger partial charge in [0.25, 0.3) is 5.91 Å². The number of anilines is 1. The lowest BCUT2D eigenvalue weighted by molar-refractivity contribution is -0.125. The van der Waals surface area contributed by atoms with Gasteiger partial charge in [0.05, 0.1) is 12.8 Å². The summed E-state index contributed by atoms with van der Waals surface area (Å²) in [6.45, 7) is 6.35. The summed E-state index contributed by atoms with van der Waals surface area (Å²) in [7, 11) is -0.688. The van der Waals surface area contributed by atoms with Gasteiger partial charge in [-0.3, -0.25) is 14.7 Å². The normalized spacial score (nSPS) is 23.9. The number of amidine groups is 1. The number of nitrogens with one attached hydrogen (secondary N) is 1. The first-order valence-electron chi connectivity index (χ1n) is 13.2. The first-order valence-corrected chi connectivity index (χ1v) is 14.7. The second kappa shape index (κ2) is 10.7. The van der Waals surface area contributed by atoms with Gasteiger partial charge in [-0.1, -0.05) is 19.8 Å². The number of primary amides is 1. The molecule has 2 aliphatic heterocycles. The quantitative estimate of drug-likeness (QED) is 0.566. The van der Waals surface area contributed by atoms with Crippen LogP contribution in [0.1, 0.15) is 62.1 Å². The van der Waals surface area contributed by atoms with E-state index in [0.29, 0.717) is 41.3 Å². The van der Waals surface area contributed by atoms with Crippen LogP contribution < -0.4 is 20.7 Å². The van der Waals surface area contributed by atoms with Gasteiger partial charge in [-0.15, -0.1) is 0 Å². The molecule has 0 aromatic heterocycles. The van der Waals surface area contributed by atoms with Gasteiger partial charge in [-0.05, 0) is 68.7 Å². The molecule has 3 aliphatic rings. The maximum atomic E-state index is 13.2. The Morgan fingerprint density at radius 1 is 1.24 bits per heavy atom. The number of carbonyl (C=O) groups excluding carboxylic acids is 2. The van der Waals surface area contributed by atoms with Crippen LogP contribution in [0, 0.1) is 25.7 Å². The van der Waals surface area contributed by atoms with Crippen molar-refractivity contribution < 1.29 is 22.7 Å². The summed E-state index contributed by atoms with van der Waals surface area (Å²) in [5, 5.41) is 4.22.